The molecule has 0 saturated heterocycles. The van der Waals surface area contributed by atoms with E-state index in [1.54, 1.807) is 12.1 Å². The van der Waals surface area contributed by atoms with Crippen LogP contribution in [0.25, 0.3) is 11.3 Å². The summed E-state index contributed by atoms with van der Waals surface area (Å²) in [6.45, 7) is 2.37. The second-order valence-corrected chi connectivity index (χ2v) is 6.08. The number of benzene rings is 1. The van der Waals surface area contributed by atoms with Crippen LogP contribution >= 0.6 is 39.1 Å². The van der Waals surface area contributed by atoms with Crippen molar-refractivity contribution in [2.75, 3.05) is 0 Å². The zero-order valence-corrected chi connectivity index (χ0v) is 13.5. The summed E-state index contributed by atoms with van der Waals surface area (Å²) in [5, 5.41) is 3.66. The quantitative estimate of drug-likeness (QED) is 0.808. The largest absolute Gasteiger partial charge is 0.348 e. The van der Waals surface area contributed by atoms with E-state index in [0.29, 0.717) is 33.4 Å². The normalized spacial score (nSPS) is 13.3. The third kappa shape index (κ3) is 2.03. The van der Waals surface area contributed by atoms with E-state index in [1.807, 2.05) is 13.0 Å². The van der Waals surface area contributed by atoms with Crippen molar-refractivity contribution in [2.24, 2.45) is 0 Å². The molecule has 1 aliphatic rings. The van der Waals surface area contributed by atoms with Crippen molar-refractivity contribution in [3.8, 4) is 11.3 Å². The highest BCUT2D eigenvalue weighted by molar-refractivity contribution is 9.10. The van der Waals surface area contributed by atoms with Crippen molar-refractivity contribution < 1.29 is 4.79 Å². The number of rotatable bonds is 1. The number of nitrogens with zero attached hydrogens (tertiary/aromatic N) is 1. The molecule has 1 aliphatic heterocycles. The average Bonchev–Trinajstić information content (AvgIpc) is 2.80. The Labute approximate surface area is 134 Å². The Kier molecular flexibility index (Phi) is 3.48. The van der Waals surface area contributed by atoms with Crippen LogP contribution in [0.5, 0.6) is 0 Å². The minimum absolute atomic E-state index is 0.140. The molecule has 1 aromatic carbocycles. The number of hydrogen-bond acceptors (Lipinski definition) is 2. The number of carbonyl (C=O) groups excluding carboxylic acids is 1. The third-order valence-corrected chi connectivity index (χ3v) is 5.13. The number of hydrogen-bond donors (Lipinski definition) is 1. The summed E-state index contributed by atoms with van der Waals surface area (Å²) >= 11 is 15.8. The molecule has 0 saturated carbocycles. The lowest BCUT2D eigenvalue weighted by atomic mass is 10.0. The van der Waals surface area contributed by atoms with Gasteiger partial charge in [-0.05, 0) is 28.9 Å². The third-order valence-electron chi connectivity index (χ3n) is 3.26. The van der Waals surface area contributed by atoms with Crippen LogP contribution in [0.2, 0.25) is 10.0 Å². The van der Waals surface area contributed by atoms with Gasteiger partial charge in [-0.15, -0.1) is 0 Å². The Morgan fingerprint density at radius 1 is 1.35 bits per heavy atom. The van der Waals surface area contributed by atoms with Crippen LogP contribution in [0.3, 0.4) is 0 Å². The minimum Gasteiger partial charge on any atom is -0.348 e. The van der Waals surface area contributed by atoms with Gasteiger partial charge in [0.2, 0.25) is 0 Å². The van der Waals surface area contributed by atoms with Gasteiger partial charge in [0.25, 0.3) is 5.91 Å². The maximum atomic E-state index is 12.1. The monoisotopic (exact) mass is 370 g/mol. The lowest BCUT2D eigenvalue weighted by Gasteiger charge is -2.12. The number of aryl methyl sites for hydroxylation is 1. The predicted molar refractivity (Wildman–Crippen MR) is 83.3 cm³/mol. The Balaban J connectivity index is 2.36. The first kappa shape index (κ1) is 13.9. The summed E-state index contributed by atoms with van der Waals surface area (Å²) in [5.74, 6) is -0.140. The van der Waals surface area contributed by atoms with Gasteiger partial charge < -0.3 is 5.32 Å². The molecule has 0 atom stereocenters. The molecule has 20 heavy (non-hydrogen) atoms. The van der Waals surface area contributed by atoms with E-state index in [1.165, 1.54) is 0 Å². The predicted octanol–water partition coefficient (Wildman–Crippen LogP) is 4.37. The highest BCUT2D eigenvalue weighted by atomic mass is 79.9. The van der Waals surface area contributed by atoms with Gasteiger partial charge in [-0.3, -0.25) is 9.78 Å². The van der Waals surface area contributed by atoms with E-state index in [0.717, 1.165) is 15.7 Å². The fraction of sp³-hybridized carbons (Fsp3) is 0.143. The second-order valence-electron chi connectivity index (χ2n) is 4.50. The molecule has 0 radical (unpaired) electrons. The van der Waals surface area contributed by atoms with Crippen LogP contribution in [0.4, 0.5) is 0 Å². The average molecular weight is 372 g/mol. The van der Waals surface area contributed by atoms with Crippen LogP contribution in [-0.4, -0.2) is 10.9 Å². The molecule has 0 aliphatic carbocycles. The molecule has 2 aromatic rings. The first-order valence-electron chi connectivity index (χ1n) is 5.92. The molecular formula is C14H9BrCl2N2O. The maximum absolute atomic E-state index is 12.1. The van der Waals surface area contributed by atoms with Crippen molar-refractivity contribution in [1.82, 2.24) is 10.3 Å². The second kappa shape index (κ2) is 5.02. The first-order chi connectivity index (χ1) is 9.50. The van der Waals surface area contributed by atoms with Gasteiger partial charge in [0.1, 0.15) is 0 Å². The molecule has 3 nitrogen and oxygen atoms in total. The number of halogens is 3. The van der Waals surface area contributed by atoms with E-state index in [9.17, 15) is 4.79 Å². The van der Waals surface area contributed by atoms with Gasteiger partial charge in [0.05, 0.1) is 27.0 Å². The summed E-state index contributed by atoms with van der Waals surface area (Å²) in [6.07, 6.45) is 0. The highest BCUT2D eigenvalue weighted by Gasteiger charge is 2.28. The number of aromatic nitrogens is 1. The number of pyridine rings is 1. The molecule has 1 aromatic heterocycles. The number of nitrogens with one attached hydrogen (secondary N) is 1. The molecule has 0 unspecified atom stereocenters. The number of carbonyl (C=O) groups is 1. The van der Waals surface area contributed by atoms with Gasteiger partial charge in [-0.1, -0.05) is 35.3 Å². The highest BCUT2D eigenvalue weighted by Crippen LogP contribution is 2.38. The molecule has 0 spiro atoms. The van der Waals surface area contributed by atoms with Crippen molar-refractivity contribution in [2.45, 2.75) is 13.5 Å². The van der Waals surface area contributed by atoms with E-state index in [4.69, 9.17) is 23.2 Å². The van der Waals surface area contributed by atoms with Crippen LogP contribution in [-0.2, 0) is 6.54 Å². The SMILES string of the molecule is Cc1nc(-c2cccc(Cl)c2Cl)c2c(c1Br)CNC2=O. The smallest absolute Gasteiger partial charge is 0.254 e. The molecule has 0 fully saturated rings. The van der Waals surface area contributed by atoms with Gasteiger partial charge in [-0.2, -0.15) is 0 Å². The lowest BCUT2D eigenvalue weighted by molar-refractivity contribution is 0.0966. The van der Waals surface area contributed by atoms with Gasteiger partial charge in [0, 0.05) is 22.1 Å². The summed E-state index contributed by atoms with van der Waals surface area (Å²) in [4.78, 5) is 16.6. The summed E-state index contributed by atoms with van der Waals surface area (Å²) in [7, 11) is 0. The zero-order valence-electron chi connectivity index (χ0n) is 10.4. The summed E-state index contributed by atoms with van der Waals surface area (Å²) in [5.41, 5.74) is 3.53. The maximum Gasteiger partial charge on any atom is 0.254 e. The number of amides is 1. The molecule has 3 rings (SSSR count). The molecule has 1 N–H and O–H groups in total. The van der Waals surface area contributed by atoms with E-state index in [2.05, 4.69) is 26.2 Å². The van der Waals surface area contributed by atoms with E-state index in [-0.39, 0.29) is 5.91 Å². The Hall–Kier alpha value is -1.10. The van der Waals surface area contributed by atoms with Crippen molar-refractivity contribution in [1.29, 1.82) is 0 Å². The molecule has 6 heteroatoms. The first-order valence-corrected chi connectivity index (χ1v) is 7.47. The van der Waals surface area contributed by atoms with Crippen LogP contribution in [0.15, 0.2) is 22.7 Å². The van der Waals surface area contributed by atoms with Crippen molar-refractivity contribution in [3.05, 3.63) is 49.5 Å². The Morgan fingerprint density at radius 3 is 2.85 bits per heavy atom. The van der Waals surface area contributed by atoms with Gasteiger partial charge in [-0.25, -0.2) is 0 Å². The fourth-order valence-corrected chi connectivity index (χ4v) is 3.11. The van der Waals surface area contributed by atoms with Crippen LogP contribution in [0.1, 0.15) is 21.6 Å². The lowest BCUT2D eigenvalue weighted by Crippen LogP contribution is -2.13. The molecule has 0 bridgehead atoms. The van der Waals surface area contributed by atoms with Crippen LogP contribution < -0.4 is 5.32 Å². The minimum atomic E-state index is -0.140. The fourth-order valence-electron chi connectivity index (χ4n) is 2.29. The molecule has 102 valence electrons. The Morgan fingerprint density at radius 2 is 2.10 bits per heavy atom. The van der Waals surface area contributed by atoms with Gasteiger partial charge >= 0.3 is 0 Å². The van der Waals surface area contributed by atoms with Gasteiger partial charge in [0.15, 0.2) is 0 Å². The van der Waals surface area contributed by atoms with E-state index < -0.39 is 0 Å². The van der Waals surface area contributed by atoms with E-state index >= 15 is 0 Å². The zero-order chi connectivity index (χ0) is 14.4. The Bertz CT molecular complexity index is 746. The van der Waals surface area contributed by atoms with Crippen LogP contribution in [0, 0.1) is 6.92 Å². The standard InChI is InChI=1S/C14H9BrCl2N2O/c1-6-11(15)8-5-18-14(20)10(8)13(19-6)7-3-2-4-9(16)12(7)17/h2-4H,5H2,1H3,(H,18,20). The van der Waals surface area contributed by atoms with Crippen molar-refractivity contribution in [3.63, 3.8) is 0 Å². The van der Waals surface area contributed by atoms with Crippen molar-refractivity contribution >= 4 is 45.0 Å². The summed E-state index contributed by atoms with van der Waals surface area (Å²) < 4.78 is 0.854. The molecule has 1 amide bonds. The summed E-state index contributed by atoms with van der Waals surface area (Å²) in [6, 6.07) is 5.32. The topological polar surface area (TPSA) is 42.0 Å². The molecular weight excluding hydrogens is 363 g/mol. The number of fused-ring (bicyclic) bond motifs is 1. The molecule has 2 heterocycles.